The van der Waals surface area contributed by atoms with Gasteiger partial charge in [0.2, 0.25) is 0 Å². The van der Waals surface area contributed by atoms with Gasteiger partial charge in [-0.15, -0.1) is 0 Å². The molecule has 4 rings (SSSR count). The molecule has 2 heterocycles. The van der Waals surface area contributed by atoms with Crippen molar-refractivity contribution in [3.8, 4) is 5.69 Å². The number of quaternary nitrogens is 1. The summed E-state index contributed by atoms with van der Waals surface area (Å²) in [6.45, 7) is 4.55. The summed E-state index contributed by atoms with van der Waals surface area (Å²) in [5.41, 5.74) is 1.22. The minimum atomic E-state index is -0.297. The second-order valence-electron chi connectivity index (χ2n) is 7.84. The van der Waals surface area contributed by atoms with Gasteiger partial charge in [-0.25, -0.2) is 0 Å². The van der Waals surface area contributed by atoms with Crippen LogP contribution in [-0.2, 0) is 4.74 Å². The Bertz CT molecular complexity index is 843. The topological polar surface area (TPSA) is 60.6 Å². The first-order valence-corrected chi connectivity index (χ1v) is 10.6. The van der Waals surface area contributed by atoms with Gasteiger partial charge in [0.1, 0.15) is 23.7 Å². The quantitative estimate of drug-likeness (QED) is 0.800. The molecule has 7 heteroatoms. The van der Waals surface area contributed by atoms with Crippen LogP contribution in [0, 0.1) is 0 Å². The highest BCUT2D eigenvalue weighted by atomic mass is 35.5. The van der Waals surface area contributed by atoms with Crippen LogP contribution in [0.4, 0.5) is 5.69 Å². The van der Waals surface area contributed by atoms with Crippen molar-refractivity contribution in [2.45, 2.75) is 37.6 Å². The lowest BCUT2D eigenvalue weighted by Crippen LogP contribution is -3.22. The van der Waals surface area contributed by atoms with Gasteiger partial charge in [-0.2, -0.15) is 9.78 Å². The van der Waals surface area contributed by atoms with Crippen molar-refractivity contribution in [1.29, 1.82) is 0 Å². The highest BCUT2D eigenvalue weighted by Gasteiger charge is 2.42. The molecule has 6 nitrogen and oxygen atoms in total. The Morgan fingerprint density at radius 3 is 2.57 bits per heavy atom. The van der Waals surface area contributed by atoms with E-state index in [0.717, 1.165) is 32.8 Å². The number of morpholine rings is 1. The number of rotatable bonds is 5. The van der Waals surface area contributed by atoms with E-state index in [-0.39, 0.29) is 16.1 Å². The van der Waals surface area contributed by atoms with Gasteiger partial charge in [0.25, 0.3) is 5.56 Å². The second-order valence-corrected chi connectivity index (χ2v) is 8.21. The van der Waals surface area contributed by atoms with Crippen LogP contribution in [-0.4, -0.2) is 48.2 Å². The molecule has 0 atom stereocenters. The third-order valence-corrected chi connectivity index (χ3v) is 6.56. The molecule has 1 aliphatic heterocycles. The summed E-state index contributed by atoms with van der Waals surface area (Å²) in [5, 5.41) is 8.01. The molecular weight excluding hydrogens is 376 g/mol. The SMILES string of the molecule is O=c1c(Cl)c(NCC2([NH+]3CCOCC3)CCCCC2)cnn1-c1ccccc1. The fourth-order valence-corrected chi connectivity index (χ4v) is 4.80. The fraction of sp³-hybridized carbons (Fsp3) is 0.524. The van der Waals surface area contributed by atoms with Crippen molar-refractivity contribution < 1.29 is 9.64 Å². The van der Waals surface area contributed by atoms with E-state index < -0.39 is 0 Å². The Hall–Kier alpha value is -1.89. The molecular formula is C21H28ClN4O2+. The molecule has 2 N–H and O–H groups in total. The number of nitrogens with one attached hydrogen (secondary N) is 2. The van der Waals surface area contributed by atoms with E-state index in [4.69, 9.17) is 16.3 Å². The monoisotopic (exact) mass is 403 g/mol. The summed E-state index contributed by atoms with van der Waals surface area (Å²) in [6.07, 6.45) is 7.88. The van der Waals surface area contributed by atoms with E-state index in [1.165, 1.54) is 36.8 Å². The van der Waals surface area contributed by atoms with Crippen molar-refractivity contribution in [2.24, 2.45) is 0 Å². The summed E-state index contributed by atoms with van der Waals surface area (Å²) >= 11 is 6.43. The normalized spacial score (nSPS) is 20.0. The maximum absolute atomic E-state index is 12.7. The van der Waals surface area contributed by atoms with Crippen molar-refractivity contribution in [1.82, 2.24) is 9.78 Å². The largest absolute Gasteiger partial charge is 0.376 e. The van der Waals surface area contributed by atoms with Crippen LogP contribution in [0.2, 0.25) is 5.02 Å². The van der Waals surface area contributed by atoms with E-state index in [2.05, 4.69) is 10.4 Å². The van der Waals surface area contributed by atoms with Gasteiger partial charge in [0.05, 0.1) is 37.3 Å². The number of ether oxygens (including phenoxy) is 1. The summed E-state index contributed by atoms with van der Waals surface area (Å²) in [7, 11) is 0. The standard InChI is InChI=1S/C21H27ClN4O2/c22-19-18(15-24-26(20(19)27)17-7-3-1-4-8-17)23-16-21(9-5-2-6-10-21)25-11-13-28-14-12-25/h1,3-4,7-8,15,23H,2,5-6,9-14,16H2/p+1. The molecule has 0 spiro atoms. The molecule has 2 fully saturated rings. The summed E-state index contributed by atoms with van der Waals surface area (Å²) in [4.78, 5) is 14.3. The van der Waals surface area contributed by atoms with Crippen LogP contribution < -0.4 is 15.8 Å². The smallest absolute Gasteiger partial charge is 0.292 e. The van der Waals surface area contributed by atoms with Gasteiger partial charge >= 0.3 is 0 Å². The average molecular weight is 404 g/mol. The molecule has 0 bridgehead atoms. The molecule has 1 aromatic carbocycles. The molecule has 1 saturated heterocycles. The van der Waals surface area contributed by atoms with Crippen molar-refractivity contribution >= 4 is 17.3 Å². The zero-order valence-electron chi connectivity index (χ0n) is 16.1. The van der Waals surface area contributed by atoms with Gasteiger partial charge in [0.15, 0.2) is 0 Å². The lowest BCUT2D eigenvalue weighted by atomic mass is 9.79. The molecule has 0 radical (unpaired) electrons. The van der Waals surface area contributed by atoms with Crippen molar-refractivity contribution in [3.05, 3.63) is 51.9 Å². The number of hydrogen-bond donors (Lipinski definition) is 2. The van der Waals surface area contributed by atoms with Crippen LogP contribution in [0.3, 0.4) is 0 Å². The average Bonchev–Trinajstić information content (AvgIpc) is 2.77. The second kappa shape index (κ2) is 8.64. The minimum Gasteiger partial charge on any atom is -0.376 e. The summed E-state index contributed by atoms with van der Waals surface area (Å²) < 4.78 is 6.92. The summed E-state index contributed by atoms with van der Waals surface area (Å²) in [6, 6.07) is 9.35. The van der Waals surface area contributed by atoms with Gasteiger partial charge in [-0.1, -0.05) is 36.2 Å². The molecule has 1 aromatic heterocycles. The molecule has 0 unspecified atom stereocenters. The maximum atomic E-state index is 12.7. The van der Waals surface area contributed by atoms with Gasteiger partial charge in [-0.05, 0) is 25.0 Å². The number of hydrogen-bond acceptors (Lipinski definition) is 4. The maximum Gasteiger partial charge on any atom is 0.292 e. The van der Waals surface area contributed by atoms with E-state index in [1.54, 1.807) is 11.1 Å². The van der Waals surface area contributed by atoms with Crippen molar-refractivity contribution in [2.75, 3.05) is 38.2 Å². The minimum absolute atomic E-state index is 0.180. The molecule has 2 aromatic rings. The lowest BCUT2D eigenvalue weighted by Gasteiger charge is -2.45. The number of aromatic nitrogens is 2. The molecule has 150 valence electrons. The lowest BCUT2D eigenvalue weighted by molar-refractivity contribution is -0.959. The molecule has 28 heavy (non-hydrogen) atoms. The predicted octanol–water partition coefficient (Wildman–Crippen LogP) is 1.92. The molecule has 2 aliphatic rings. The third kappa shape index (κ3) is 3.95. The Morgan fingerprint density at radius 1 is 1.14 bits per heavy atom. The first kappa shape index (κ1) is 19.4. The Labute approximate surface area is 170 Å². The molecule has 1 aliphatic carbocycles. The summed E-state index contributed by atoms with van der Waals surface area (Å²) in [5.74, 6) is 0. The Morgan fingerprint density at radius 2 is 1.86 bits per heavy atom. The number of benzene rings is 1. The van der Waals surface area contributed by atoms with Gasteiger partial charge < -0.3 is 15.0 Å². The van der Waals surface area contributed by atoms with E-state index >= 15 is 0 Å². The molecule has 1 saturated carbocycles. The number of halogens is 1. The van der Waals surface area contributed by atoms with Crippen LogP contribution in [0.1, 0.15) is 32.1 Å². The zero-order chi connectivity index (χ0) is 19.4. The van der Waals surface area contributed by atoms with E-state index in [0.29, 0.717) is 11.4 Å². The van der Waals surface area contributed by atoms with Crippen LogP contribution in [0.15, 0.2) is 41.3 Å². The first-order chi connectivity index (χ1) is 13.7. The predicted molar refractivity (Wildman–Crippen MR) is 111 cm³/mol. The Balaban J connectivity index is 1.54. The van der Waals surface area contributed by atoms with Gasteiger partial charge in [0, 0.05) is 12.8 Å². The van der Waals surface area contributed by atoms with Crippen LogP contribution in [0.5, 0.6) is 0 Å². The number of para-hydroxylation sites is 1. The molecule has 0 amide bonds. The van der Waals surface area contributed by atoms with E-state index in [1.807, 2.05) is 30.3 Å². The number of nitrogens with zero attached hydrogens (tertiary/aromatic N) is 2. The van der Waals surface area contributed by atoms with Gasteiger partial charge in [-0.3, -0.25) is 4.79 Å². The Kier molecular flexibility index (Phi) is 5.99. The van der Waals surface area contributed by atoms with Crippen LogP contribution >= 0.6 is 11.6 Å². The zero-order valence-corrected chi connectivity index (χ0v) is 16.9. The highest BCUT2D eigenvalue weighted by molar-refractivity contribution is 6.32. The fourth-order valence-electron chi connectivity index (χ4n) is 4.61. The number of anilines is 1. The van der Waals surface area contributed by atoms with E-state index in [9.17, 15) is 4.79 Å². The van der Waals surface area contributed by atoms with Crippen LogP contribution in [0.25, 0.3) is 5.69 Å². The van der Waals surface area contributed by atoms with Crippen molar-refractivity contribution in [3.63, 3.8) is 0 Å². The third-order valence-electron chi connectivity index (χ3n) is 6.19. The highest BCUT2D eigenvalue weighted by Crippen LogP contribution is 2.27. The first-order valence-electron chi connectivity index (χ1n) is 10.2.